The van der Waals surface area contributed by atoms with Gasteiger partial charge < -0.3 is 15.0 Å². The third-order valence-corrected chi connectivity index (χ3v) is 4.43. The number of imidazole rings is 1. The minimum absolute atomic E-state index is 0.0125. The number of rotatable bonds is 6. The maximum atomic E-state index is 12.1. The van der Waals surface area contributed by atoms with Crippen LogP contribution in [0.4, 0.5) is 0 Å². The van der Waals surface area contributed by atoms with E-state index in [0.717, 1.165) is 11.0 Å². The molecule has 108 valence electrons. The molecule has 1 amide bonds. The largest absolute Gasteiger partial charge is 0.395 e. The van der Waals surface area contributed by atoms with Gasteiger partial charge in [0.25, 0.3) is 0 Å². The number of amides is 1. The van der Waals surface area contributed by atoms with Gasteiger partial charge in [-0.1, -0.05) is 12.1 Å². The van der Waals surface area contributed by atoms with Crippen LogP contribution in [0.1, 0.15) is 6.92 Å². The van der Waals surface area contributed by atoms with E-state index in [1.807, 2.05) is 42.0 Å². The van der Waals surface area contributed by atoms with E-state index in [2.05, 4.69) is 10.3 Å². The first-order valence-corrected chi connectivity index (χ1v) is 7.77. The number of aliphatic hydroxyl groups is 1. The summed E-state index contributed by atoms with van der Waals surface area (Å²) in [6, 6.07) is 7.64. The number of nitrogens with one attached hydrogen (secondary N) is 1. The lowest BCUT2D eigenvalue weighted by Gasteiger charge is -2.21. The predicted molar refractivity (Wildman–Crippen MR) is 81.7 cm³/mol. The first-order chi connectivity index (χ1) is 9.65. The first-order valence-electron chi connectivity index (χ1n) is 6.48. The van der Waals surface area contributed by atoms with Crippen LogP contribution in [0.5, 0.6) is 0 Å². The molecule has 0 spiro atoms. The van der Waals surface area contributed by atoms with Crippen LogP contribution in [-0.4, -0.2) is 44.7 Å². The molecule has 2 rings (SSSR count). The van der Waals surface area contributed by atoms with E-state index in [1.54, 1.807) is 18.1 Å². The van der Waals surface area contributed by atoms with Crippen LogP contribution in [0.3, 0.4) is 0 Å². The lowest BCUT2D eigenvalue weighted by atomic mass is 10.2. The molecule has 6 heteroatoms. The minimum atomic E-state index is -0.0758. The summed E-state index contributed by atoms with van der Waals surface area (Å²) in [5, 5.41) is 12.1. The molecule has 1 aromatic heterocycles. The van der Waals surface area contributed by atoms with Crippen molar-refractivity contribution in [3.8, 4) is 0 Å². The summed E-state index contributed by atoms with van der Waals surface area (Å²) in [6.07, 6.45) is 3.60. The Balaban J connectivity index is 2.01. The topological polar surface area (TPSA) is 67.2 Å². The number of fused-ring (bicyclic) bond motifs is 1. The second-order valence-electron chi connectivity index (χ2n) is 4.67. The van der Waals surface area contributed by atoms with Gasteiger partial charge in [0.05, 0.1) is 24.0 Å². The Labute approximate surface area is 122 Å². The summed E-state index contributed by atoms with van der Waals surface area (Å²) in [5.41, 5.74) is 1.82. The number of para-hydroxylation sites is 2. The van der Waals surface area contributed by atoms with Gasteiger partial charge in [-0.15, -0.1) is 0 Å². The number of carbonyl (C=O) groups excluding carboxylic acids is 1. The molecule has 5 nitrogen and oxygen atoms in total. The second-order valence-corrected chi connectivity index (χ2v) is 5.75. The van der Waals surface area contributed by atoms with Crippen LogP contribution in [-0.2, 0) is 11.3 Å². The Morgan fingerprint density at radius 1 is 1.50 bits per heavy atom. The molecular weight excluding hydrogens is 274 g/mol. The number of aromatic nitrogens is 2. The molecule has 2 N–H and O–H groups in total. The molecule has 0 fully saturated rings. The molecule has 0 saturated heterocycles. The van der Waals surface area contributed by atoms with Crippen molar-refractivity contribution in [3.05, 3.63) is 30.6 Å². The van der Waals surface area contributed by atoms with Gasteiger partial charge in [-0.05, 0) is 25.3 Å². The Bertz CT molecular complexity index is 581. The lowest BCUT2D eigenvalue weighted by molar-refractivity contribution is -0.122. The molecule has 2 atom stereocenters. The molecule has 0 aliphatic carbocycles. The molecule has 0 aliphatic heterocycles. The van der Waals surface area contributed by atoms with Gasteiger partial charge in [0.15, 0.2) is 0 Å². The van der Waals surface area contributed by atoms with Crippen LogP contribution in [0.2, 0.25) is 0 Å². The highest BCUT2D eigenvalue weighted by atomic mass is 32.2. The van der Waals surface area contributed by atoms with Crippen LogP contribution >= 0.6 is 11.8 Å². The van der Waals surface area contributed by atoms with Gasteiger partial charge in [-0.25, -0.2) is 4.98 Å². The zero-order valence-corrected chi connectivity index (χ0v) is 12.4. The van der Waals surface area contributed by atoms with Gasteiger partial charge in [0.1, 0.15) is 6.54 Å². The molecule has 0 bridgehead atoms. The highest BCUT2D eigenvalue weighted by Crippen LogP contribution is 2.12. The summed E-state index contributed by atoms with van der Waals surface area (Å²) in [6.45, 7) is 2.19. The number of thioether (sulfide) groups is 1. The number of benzene rings is 1. The first kappa shape index (κ1) is 14.9. The standard InChI is InChI=1S/C14H19N3O2S/c1-10(13(8-18)20-2)16-14(19)7-17-9-15-11-5-3-4-6-12(11)17/h3-6,9-10,13,18H,7-8H2,1-2H3,(H,16,19). The molecular formula is C14H19N3O2S. The van der Waals surface area contributed by atoms with Crippen LogP contribution in [0.15, 0.2) is 30.6 Å². The van der Waals surface area contributed by atoms with Crippen molar-refractivity contribution in [1.82, 2.24) is 14.9 Å². The highest BCUT2D eigenvalue weighted by Gasteiger charge is 2.17. The maximum Gasteiger partial charge on any atom is 0.240 e. The average molecular weight is 293 g/mol. The fraction of sp³-hybridized carbons (Fsp3) is 0.429. The van der Waals surface area contributed by atoms with Crippen LogP contribution in [0, 0.1) is 0 Å². The van der Waals surface area contributed by atoms with Crippen molar-refractivity contribution in [2.45, 2.75) is 24.8 Å². The van der Waals surface area contributed by atoms with E-state index in [9.17, 15) is 9.90 Å². The van der Waals surface area contributed by atoms with Crippen molar-refractivity contribution in [1.29, 1.82) is 0 Å². The summed E-state index contributed by atoms with van der Waals surface area (Å²) in [4.78, 5) is 16.3. The van der Waals surface area contributed by atoms with E-state index in [4.69, 9.17) is 0 Å². The zero-order valence-electron chi connectivity index (χ0n) is 11.6. The second kappa shape index (κ2) is 6.76. The number of hydrogen-bond donors (Lipinski definition) is 2. The summed E-state index contributed by atoms with van der Waals surface area (Å²) in [7, 11) is 0. The van der Waals surface area contributed by atoms with Gasteiger partial charge in [0, 0.05) is 11.3 Å². The van der Waals surface area contributed by atoms with E-state index >= 15 is 0 Å². The molecule has 20 heavy (non-hydrogen) atoms. The monoisotopic (exact) mass is 293 g/mol. The predicted octanol–water partition coefficient (Wildman–Crippen LogP) is 1.26. The van der Waals surface area contributed by atoms with Gasteiger partial charge in [-0.3, -0.25) is 4.79 Å². The Kier molecular flexibility index (Phi) is 5.03. The van der Waals surface area contributed by atoms with E-state index in [-0.39, 0.29) is 30.4 Å². The quantitative estimate of drug-likeness (QED) is 0.841. The molecule has 0 radical (unpaired) electrons. The van der Waals surface area contributed by atoms with Crippen LogP contribution < -0.4 is 5.32 Å². The number of aliphatic hydroxyl groups excluding tert-OH is 1. The summed E-state index contributed by atoms with van der Waals surface area (Å²) in [5.74, 6) is -0.0758. The van der Waals surface area contributed by atoms with E-state index in [1.165, 1.54) is 0 Å². The van der Waals surface area contributed by atoms with Crippen molar-refractivity contribution >= 4 is 28.7 Å². The Morgan fingerprint density at radius 2 is 2.25 bits per heavy atom. The van der Waals surface area contributed by atoms with Gasteiger partial charge >= 0.3 is 0 Å². The summed E-state index contributed by atoms with van der Waals surface area (Å²) >= 11 is 1.55. The maximum absolute atomic E-state index is 12.1. The van der Waals surface area contributed by atoms with Crippen molar-refractivity contribution in [3.63, 3.8) is 0 Å². The van der Waals surface area contributed by atoms with Crippen molar-refractivity contribution in [2.24, 2.45) is 0 Å². The molecule has 0 saturated carbocycles. The lowest BCUT2D eigenvalue weighted by Crippen LogP contribution is -2.42. The Morgan fingerprint density at radius 3 is 2.95 bits per heavy atom. The molecule has 0 aliphatic rings. The van der Waals surface area contributed by atoms with Gasteiger partial charge in [-0.2, -0.15) is 11.8 Å². The zero-order chi connectivity index (χ0) is 14.5. The normalized spacial score (nSPS) is 14.2. The third-order valence-electron chi connectivity index (χ3n) is 3.27. The van der Waals surface area contributed by atoms with Gasteiger partial charge in [0.2, 0.25) is 5.91 Å². The summed E-state index contributed by atoms with van der Waals surface area (Å²) < 4.78 is 1.82. The van der Waals surface area contributed by atoms with E-state index in [0.29, 0.717) is 0 Å². The third kappa shape index (κ3) is 3.32. The van der Waals surface area contributed by atoms with Crippen molar-refractivity contribution < 1.29 is 9.90 Å². The molecule has 1 aromatic carbocycles. The van der Waals surface area contributed by atoms with E-state index < -0.39 is 0 Å². The fourth-order valence-electron chi connectivity index (χ4n) is 2.12. The SMILES string of the molecule is CSC(CO)C(C)NC(=O)Cn1cnc2ccccc21. The molecule has 2 aromatic rings. The van der Waals surface area contributed by atoms with Crippen LogP contribution in [0.25, 0.3) is 11.0 Å². The number of hydrogen-bond acceptors (Lipinski definition) is 4. The molecule has 1 heterocycles. The number of carbonyl (C=O) groups is 1. The minimum Gasteiger partial charge on any atom is -0.395 e. The Hall–Kier alpha value is -1.53. The number of nitrogens with zero attached hydrogens (tertiary/aromatic N) is 2. The molecule has 2 unspecified atom stereocenters. The van der Waals surface area contributed by atoms with Crippen molar-refractivity contribution in [2.75, 3.05) is 12.9 Å². The smallest absolute Gasteiger partial charge is 0.240 e. The fourth-order valence-corrected chi connectivity index (χ4v) is 2.75. The average Bonchev–Trinajstić information content (AvgIpc) is 2.83. The highest BCUT2D eigenvalue weighted by molar-refractivity contribution is 7.99.